The molecule has 2 aromatic heterocycles. The van der Waals surface area contributed by atoms with E-state index in [4.69, 9.17) is 5.73 Å². The van der Waals surface area contributed by atoms with Gasteiger partial charge in [0.05, 0.1) is 0 Å². The molecular formula is C16H23N5O2S. The Morgan fingerprint density at radius 3 is 2.71 bits per heavy atom. The second-order valence-corrected chi connectivity index (χ2v) is 6.72. The normalized spacial score (nSPS) is 12.1. The molecule has 7 nitrogen and oxygen atoms in total. The molecule has 0 aromatic carbocycles. The van der Waals surface area contributed by atoms with E-state index in [1.165, 1.54) is 0 Å². The molecule has 3 N–H and O–H groups in total. The van der Waals surface area contributed by atoms with E-state index in [0.29, 0.717) is 6.42 Å². The molecule has 8 heteroatoms. The zero-order valence-electron chi connectivity index (χ0n) is 13.8. The van der Waals surface area contributed by atoms with Crippen molar-refractivity contribution in [2.45, 2.75) is 45.1 Å². The number of aryl methyl sites for hydroxylation is 1. The van der Waals surface area contributed by atoms with Crippen LogP contribution in [0.15, 0.2) is 24.4 Å². The van der Waals surface area contributed by atoms with Crippen molar-refractivity contribution in [1.82, 2.24) is 15.2 Å². The number of hydrogen-bond donors (Lipinski definition) is 2. The number of anilines is 2. The minimum atomic E-state index is -1.03. The first-order valence-corrected chi connectivity index (χ1v) is 8.85. The minimum absolute atomic E-state index is 0.425. The number of nitrogens with zero attached hydrogens (tertiary/aromatic N) is 4. The maximum absolute atomic E-state index is 10.8. The van der Waals surface area contributed by atoms with Crippen LogP contribution in [0.4, 0.5) is 10.9 Å². The van der Waals surface area contributed by atoms with Gasteiger partial charge in [-0.15, -0.1) is 10.2 Å². The van der Waals surface area contributed by atoms with E-state index >= 15 is 0 Å². The Kier molecular flexibility index (Phi) is 7.07. The number of rotatable bonds is 10. The zero-order chi connectivity index (χ0) is 17.4. The molecule has 2 rings (SSSR count). The third-order valence-electron chi connectivity index (χ3n) is 3.61. The number of aliphatic hydroxyl groups is 1. The minimum Gasteiger partial charge on any atom is -0.383 e. The molecule has 24 heavy (non-hydrogen) atoms. The van der Waals surface area contributed by atoms with E-state index < -0.39 is 12.0 Å². The van der Waals surface area contributed by atoms with Gasteiger partial charge in [-0.3, -0.25) is 4.79 Å². The summed E-state index contributed by atoms with van der Waals surface area (Å²) in [5.41, 5.74) is 5.03. The van der Waals surface area contributed by atoms with Crippen molar-refractivity contribution in [3.05, 3.63) is 29.4 Å². The number of aliphatic hydroxyl groups excluding tert-OH is 1. The lowest BCUT2D eigenvalue weighted by molar-refractivity contribution is -0.126. The highest BCUT2D eigenvalue weighted by atomic mass is 32.1. The first-order valence-electron chi connectivity index (χ1n) is 8.04. The summed E-state index contributed by atoms with van der Waals surface area (Å²) in [6.07, 6.45) is 4.84. The topological polar surface area (TPSA) is 105 Å². The fourth-order valence-electron chi connectivity index (χ4n) is 2.32. The van der Waals surface area contributed by atoms with Crippen molar-refractivity contribution in [2.75, 3.05) is 11.4 Å². The summed E-state index contributed by atoms with van der Waals surface area (Å²) in [6.45, 7) is 2.73. The lowest BCUT2D eigenvalue weighted by Crippen LogP contribution is -2.27. The molecule has 1 unspecified atom stereocenters. The van der Waals surface area contributed by atoms with Gasteiger partial charge in [0.25, 0.3) is 0 Å². The number of carbonyl (C=O) groups excluding carboxylic acids is 1. The van der Waals surface area contributed by atoms with Crippen LogP contribution < -0.4 is 10.6 Å². The Morgan fingerprint density at radius 2 is 2.08 bits per heavy atom. The molecule has 0 saturated heterocycles. The summed E-state index contributed by atoms with van der Waals surface area (Å²) in [6, 6.07) is 5.80. The smallest absolute Gasteiger partial charge is 0.246 e. The van der Waals surface area contributed by atoms with Crippen molar-refractivity contribution in [2.24, 2.45) is 5.73 Å². The average molecular weight is 349 g/mol. The maximum Gasteiger partial charge on any atom is 0.246 e. The number of unbranched alkanes of at least 4 members (excludes halogenated alkanes) is 3. The molecule has 0 fully saturated rings. The van der Waals surface area contributed by atoms with Gasteiger partial charge in [-0.25, -0.2) is 4.98 Å². The zero-order valence-corrected chi connectivity index (χ0v) is 14.6. The van der Waals surface area contributed by atoms with Crippen LogP contribution in [0.3, 0.4) is 0 Å². The second-order valence-electron chi connectivity index (χ2n) is 5.56. The van der Waals surface area contributed by atoms with Crippen LogP contribution in [0.5, 0.6) is 0 Å². The van der Waals surface area contributed by atoms with Gasteiger partial charge in [0.1, 0.15) is 16.9 Å². The van der Waals surface area contributed by atoms with Crippen LogP contribution >= 0.6 is 11.3 Å². The fourth-order valence-corrected chi connectivity index (χ4v) is 3.04. The summed E-state index contributed by atoms with van der Waals surface area (Å²) in [7, 11) is 0. The standard InChI is InChI=1S/C16H23N5O2S/c1-12-19-20-16(24-12)21(14-9-5-6-10-18-14)11-7-3-2-4-8-13(22)15(17)23/h5-6,9-10,13,22H,2-4,7-8,11H2,1H3,(H2,17,23). The largest absolute Gasteiger partial charge is 0.383 e. The highest BCUT2D eigenvalue weighted by Gasteiger charge is 2.14. The molecule has 0 aliphatic rings. The third-order valence-corrected chi connectivity index (χ3v) is 4.47. The quantitative estimate of drug-likeness (QED) is 0.637. The van der Waals surface area contributed by atoms with E-state index in [2.05, 4.69) is 20.1 Å². The van der Waals surface area contributed by atoms with Gasteiger partial charge in [0.2, 0.25) is 11.0 Å². The molecular weight excluding hydrogens is 326 g/mol. The van der Waals surface area contributed by atoms with Crippen molar-refractivity contribution >= 4 is 28.2 Å². The molecule has 1 amide bonds. The number of primary amides is 1. The predicted molar refractivity (Wildman–Crippen MR) is 94.2 cm³/mol. The van der Waals surface area contributed by atoms with Crippen molar-refractivity contribution in [3.63, 3.8) is 0 Å². The Labute approximate surface area is 145 Å². The predicted octanol–water partition coefficient (Wildman–Crippen LogP) is 2.18. The van der Waals surface area contributed by atoms with E-state index in [1.54, 1.807) is 17.5 Å². The van der Waals surface area contributed by atoms with Crippen LogP contribution in [0.25, 0.3) is 0 Å². The van der Waals surface area contributed by atoms with Crippen molar-refractivity contribution < 1.29 is 9.90 Å². The summed E-state index contributed by atoms with van der Waals surface area (Å²) < 4.78 is 0. The van der Waals surface area contributed by atoms with Gasteiger partial charge in [-0.05, 0) is 31.9 Å². The Morgan fingerprint density at radius 1 is 1.29 bits per heavy atom. The van der Waals surface area contributed by atoms with E-state index in [9.17, 15) is 9.90 Å². The number of hydrogen-bond acceptors (Lipinski definition) is 7. The van der Waals surface area contributed by atoms with Crippen LogP contribution in [0.2, 0.25) is 0 Å². The molecule has 2 aromatic rings. The van der Waals surface area contributed by atoms with Crippen molar-refractivity contribution in [1.29, 1.82) is 0 Å². The summed E-state index contributed by atoms with van der Waals surface area (Å²) in [4.78, 5) is 17.2. The Balaban J connectivity index is 1.83. The fraction of sp³-hybridized carbons (Fsp3) is 0.500. The van der Waals surface area contributed by atoms with Gasteiger partial charge in [-0.2, -0.15) is 0 Å². The van der Waals surface area contributed by atoms with Gasteiger partial charge in [0.15, 0.2) is 0 Å². The van der Waals surface area contributed by atoms with Crippen molar-refractivity contribution in [3.8, 4) is 0 Å². The average Bonchev–Trinajstić information content (AvgIpc) is 3.00. The summed E-state index contributed by atoms with van der Waals surface area (Å²) in [5, 5.41) is 19.4. The number of carbonyl (C=O) groups is 1. The molecule has 0 radical (unpaired) electrons. The second kappa shape index (κ2) is 9.29. The highest BCUT2D eigenvalue weighted by molar-refractivity contribution is 7.15. The van der Waals surface area contributed by atoms with Gasteiger partial charge < -0.3 is 15.7 Å². The number of amides is 1. The summed E-state index contributed by atoms with van der Waals surface area (Å²) >= 11 is 1.55. The van der Waals surface area contributed by atoms with Gasteiger partial charge in [0, 0.05) is 12.7 Å². The maximum atomic E-state index is 10.8. The lowest BCUT2D eigenvalue weighted by Gasteiger charge is -2.20. The number of pyridine rings is 1. The first-order chi connectivity index (χ1) is 11.6. The van der Waals surface area contributed by atoms with Crippen LogP contribution in [0.1, 0.15) is 37.1 Å². The summed E-state index contributed by atoms with van der Waals surface area (Å²) in [5.74, 6) is 0.209. The number of nitrogens with two attached hydrogens (primary N) is 1. The molecule has 0 spiro atoms. The molecule has 0 aliphatic carbocycles. The molecule has 0 aliphatic heterocycles. The molecule has 1 atom stereocenters. The highest BCUT2D eigenvalue weighted by Crippen LogP contribution is 2.27. The van der Waals surface area contributed by atoms with E-state index in [1.807, 2.05) is 25.1 Å². The molecule has 0 saturated carbocycles. The van der Waals surface area contributed by atoms with Crippen LogP contribution in [0, 0.1) is 6.92 Å². The molecule has 0 bridgehead atoms. The molecule has 2 heterocycles. The SMILES string of the molecule is Cc1nnc(N(CCCCCCC(O)C(N)=O)c2ccccn2)s1. The Hall–Kier alpha value is -2.06. The Bertz CT molecular complexity index is 634. The lowest BCUT2D eigenvalue weighted by atomic mass is 10.1. The van der Waals surface area contributed by atoms with Gasteiger partial charge >= 0.3 is 0 Å². The third kappa shape index (κ3) is 5.54. The van der Waals surface area contributed by atoms with E-state index in [-0.39, 0.29) is 0 Å². The van der Waals surface area contributed by atoms with Crippen LogP contribution in [-0.2, 0) is 4.79 Å². The first kappa shape index (κ1) is 18.3. The monoisotopic (exact) mass is 349 g/mol. The van der Waals surface area contributed by atoms with E-state index in [0.717, 1.165) is 48.2 Å². The van der Waals surface area contributed by atoms with Crippen LogP contribution in [-0.4, -0.2) is 38.8 Å². The van der Waals surface area contributed by atoms with Gasteiger partial charge in [-0.1, -0.05) is 36.7 Å². The molecule has 130 valence electrons. The number of aromatic nitrogens is 3.